The molecule has 0 aliphatic heterocycles. The van der Waals surface area contributed by atoms with Crippen molar-refractivity contribution in [3.05, 3.63) is 181 Å². The van der Waals surface area contributed by atoms with Crippen LogP contribution in [0.3, 0.4) is 0 Å². The third kappa shape index (κ3) is 8.45. The predicted octanol–water partition coefficient (Wildman–Crippen LogP) is 12.9. The molecule has 2 heterocycles. The molecular formula is C49H42IrN2-2. The minimum absolute atomic E-state index is 0. The molecule has 2 nitrogen and oxygen atoms in total. The zero-order chi connectivity index (χ0) is 37.2. The van der Waals surface area contributed by atoms with Crippen LogP contribution in [0.25, 0.3) is 66.3 Å². The number of benzene rings is 6. The van der Waals surface area contributed by atoms with Gasteiger partial charge < -0.3 is 9.97 Å². The third-order valence-corrected chi connectivity index (χ3v) is 8.87. The molecule has 0 bridgehead atoms. The molecule has 52 heavy (non-hydrogen) atoms. The van der Waals surface area contributed by atoms with Crippen LogP contribution in [-0.4, -0.2) is 9.97 Å². The Morgan fingerprint density at radius 3 is 2.08 bits per heavy atom. The van der Waals surface area contributed by atoms with Crippen molar-refractivity contribution in [2.45, 2.75) is 41.0 Å². The fourth-order valence-corrected chi connectivity index (χ4v) is 6.43. The van der Waals surface area contributed by atoms with Gasteiger partial charge in [0.05, 0.1) is 0 Å². The van der Waals surface area contributed by atoms with Crippen LogP contribution in [0.1, 0.15) is 40.2 Å². The summed E-state index contributed by atoms with van der Waals surface area (Å²) in [5.74, 6) is 0. The van der Waals surface area contributed by atoms with Gasteiger partial charge in [-0.3, -0.25) is 0 Å². The van der Waals surface area contributed by atoms with Gasteiger partial charge in [0.1, 0.15) is 0 Å². The van der Waals surface area contributed by atoms with Crippen molar-refractivity contribution in [3.8, 4) is 44.8 Å². The first-order valence-electron chi connectivity index (χ1n) is 18.4. The number of pyridine rings is 2. The second-order valence-corrected chi connectivity index (χ2v) is 14.0. The quantitative estimate of drug-likeness (QED) is 0.127. The summed E-state index contributed by atoms with van der Waals surface area (Å²) >= 11 is 0. The van der Waals surface area contributed by atoms with Crippen molar-refractivity contribution in [2.24, 2.45) is 5.41 Å². The third-order valence-electron chi connectivity index (χ3n) is 8.87. The van der Waals surface area contributed by atoms with Gasteiger partial charge in [-0.2, -0.15) is 0 Å². The minimum Gasteiger partial charge on any atom is -0.305 e. The van der Waals surface area contributed by atoms with Gasteiger partial charge in [0.2, 0.25) is 0 Å². The number of rotatable bonds is 5. The summed E-state index contributed by atoms with van der Waals surface area (Å²) in [4.78, 5) is 9.09. The van der Waals surface area contributed by atoms with Gasteiger partial charge >= 0.3 is 0 Å². The number of fused-ring (bicyclic) bond motifs is 3. The van der Waals surface area contributed by atoms with Crippen LogP contribution in [0, 0.1) is 31.4 Å². The van der Waals surface area contributed by atoms with Gasteiger partial charge in [0.15, 0.2) is 0 Å². The molecule has 8 rings (SSSR count). The van der Waals surface area contributed by atoms with E-state index in [4.69, 9.17) is 2.74 Å². The molecule has 0 N–H and O–H groups in total. The molecule has 0 saturated heterocycles. The molecule has 0 amide bonds. The minimum atomic E-state index is -1.48. The Bertz CT molecular complexity index is 2540. The van der Waals surface area contributed by atoms with E-state index in [-0.39, 0.29) is 20.1 Å². The fraction of sp³-hybridized carbons (Fsp3) is 0.143. The molecule has 0 aliphatic rings. The summed E-state index contributed by atoms with van der Waals surface area (Å²) in [6, 6.07) is 54.3. The van der Waals surface area contributed by atoms with Crippen LogP contribution < -0.4 is 0 Å². The molecule has 0 fully saturated rings. The van der Waals surface area contributed by atoms with Crippen LogP contribution in [-0.2, 0) is 26.5 Å². The predicted molar refractivity (Wildman–Crippen MR) is 216 cm³/mol. The summed E-state index contributed by atoms with van der Waals surface area (Å²) in [6.07, 6.45) is 2.16. The van der Waals surface area contributed by atoms with Crippen molar-refractivity contribution >= 4 is 21.5 Å². The molecule has 2 aromatic heterocycles. The standard InChI is InChI=1S/C30H26N.C19H16N.Ir/c1-30(2,3)20-21-15-16-31-29(17-21)24-11-8-10-22(18-24)28-19-23-9-4-5-12-25(23)26-13-6-7-14-27(26)28;1-14-8-10-17(11-9-14)19-12-18(15(2)13-20-19)16-6-4-3-5-7-16;/h4-10,12-19H,20H2,1-3H3;3-10,12-13H,1-2H3;/q2*-1;/i20D2;;. The second-order valence-electron chi connectivity index (χ2n) is 14.0. The maximum absolute atomic E-state index is 8.65. The SMILES string of the molecule is Cc1c[c-]c(-c2cc(-c3ccccc3)c(C)cn2)cc1.[2H]C([2H])(c1ccnc(-c2[c-]ccc(-c3cc4ccccc4c4ccccc34)c2)c1)C(C)(C)C.[Ir]. The summed E-state index contributed by atoms with van der Waals surface area (Å²) in [5, 5.41) is 4.90. The van der Waals surface area contributed by atoms with Crippen LogP contribution in [0.4, 0.5) is 0 Å². The summed E-state index contributed by atoms with van der Waals surface area (Å²) in [6.45, 7) is 9.93. The first kappa shape index (κ1) is 33.9. The Kier molecular flexibility index (Phi) is 10.4. The van der Waals surface area contributed by atoms with Gasteiger partial charge in [-0.1, -0.05) is 124 Å². The van der Waals surface area contributed by atoms with Crippen molar-refractivity contribution < 1.29 is 22.8 Å². The molecule has 0 unspecified atom stereocenters. The smallest absolute Gasteiger partial charge is 0.0321 e. The number of hydrogen-bond acceptors (Lipinski definition) is 2. The van der Waals surface area contributed by atoms with Crippen LogP contribution in [0.5, 0.6) is 0 Å². The van der Waals surface area contributed by atoms with Gasteiger partial charge in [0, 0.05) is 35.2 Å². The normalized spacial score (nSPS) is 11.9. The molecule has 0 aliphatic carbocycles. The molecule has 0 saturated carbocycles. The van der Waals surface area contributed by atoms with Crippen molar-refractivity contribution in [3.63, 3.8) is 0 Å². The van der Waals surface area contributed by atoms with Gasteiger partial charge in [0.25, 0.3) is 0 Å². The maximum atomic E-state index is 8.65. The summed E-state index contributed by atoms with van der Waals surface area (Å²) < 4.78 is 17.3. The molecular weight excluding hydrogens is 809 g/mol. The van der Waals surface area contributed by atoms with Crippen molar-refractivity contribution in [2.75, 3.05) is 0 Å². The van der Waals surface area contributed by atoms with E-state index < -0.39 is 11.8 Å². The Hall–Kier alpha value is -5.21. The summed E-state index contributed by atoms with van der Waals surface area (Å²) in [7, 11) is 0. The number of aryl methyl sites for hydroxylation is 2. The van der Waals surface area contributed by atoms with E-state index >= 15 is 0 Å². The Morgan fingerprint density at radius 2 is 1.33 bits per heavy atom. The van der Waals surface area contributed by atoms with E-state index in [0.717, 1.165) is 28.1 Å². The Morgan fingerprint density at radius 1 is 0.615 bits per heavy atom. The first-order valence-corrected chi connectivity index (χ1v) is 17.4. The van der Waals surface area contributed by atoms with Crippen LogP contribution in [0.2, 0.25) is 0 Å². The van der Waals surface area contributed by atoms with E-state index in [1.165, 1.54) is 49.4 Å². The largest absolute Gasteiger partial charge is 0.305 e. The van der Waals surface area contributed by atoms with E-state index in [1.807, 2.05) is 51.2 Å². The van der Waals surface area contributed by atoms with Gasteiger partial charge in [-0.15, -0.1) is 70.8 Å². The Balaban J connectivity index is 0.000000203. The van der Waals surface area contributed by atoms with Crippen LogP contribution in [0.15, 0.2) is 152 Å². The summed E-state index contributed by atoms with van der Waals surface area (Å²) in [5.41, 5.74) is 10.8. The molecule has 3 heteroatoms. The van der Waals surface area contributed by atoms with E-state index in [0.29, 0.717) is 5.56 Å². The maximum Gasteiger partial charge on any atom is 0.0321 e. The van der Waals surface area contributed by atoms with E-state index in [9.17, 15) is 0 Å². The fourth-order valence-electron chi connectivity index (χ4n) is 6.43. The zero-order valence-corrected chi connectivity index (χ0v) is 32.6. The monoisotopic (exact) mass is 853 g/mol. The zero-order valence-electron chi connectivity index (χ0n) is 32.2. The molecule has 6 aromatic carbocycles. The second kappa shape index (κ2) is 16.0. The first-order chi connectivity index (χ1) is 25.5. The number of aromatic nitrogens is 2. The Labute approximate surface area is 324 Å². The van der Waals surface area contributed by atoms with Gasteiger partial charge in [-0.25, -0.2) is 0 Å². The number of hydrogen-bond donors (Lipinski definition) is 0. The van der Waals surface area contributed by atoms with E-state index in [1.54, 1.807) is 12.3 Å². The van der Waals surface area contributed by atoms with Crippen molar-refractivity contribution in [1.29, 1.82) is 0 Å². The number of nitrogens with zero attached hydrogens (tertiary/aromatic N) is 2. The van der Waals surface area contributed by atoms with Crippen molar-refractivity contribution in [1.82, 2.24) is 9.97 Å². The average Bonchev–Trinajstić information content (AvgIpc) is 3.18. The topological polar surface area (TPSA) is 25.8 Å². The van der Waals surface area contributed by atoms with E-state index in [2.05, 4.69) is 145 Å². The van der Waals surface area contributed by atoms with Crippen LogP contribution >= 0.6 is 0 Å². The molecule has 1 radical (unpaired) electrons. The molecule has 259 valence electrons. The molecule has 8 aromatic rings. The molecule has 0 spiro atoms. The van der Waals surface area contributed by atoms with Gasteiger partial charge in [-0.05, 0) is 86.0 Å². The average molecular weight is 853 g/mol. The molecule has 0 atom stereocenters.